The first-order chi connectivity index (χ1) is 9.54. The molecule has 1 fully saturated rings. The molecule has 0 aliphatic carbocycles. The maximum absolute atomic E-state index is 13.6. The van der Waals surface area contributed by atoms with Crippen LogP contribution in [-0.2, 0) is 4.79 Å². The Labute approximate surface area is 116 Å². The van der Waals surface area contributed by atoms with Crippen LogP contribution in [0.3, 0.4) is 0 Å². The van der Waals surface area contributed by atoms with Gasteiger partial charge in [-0.05, 0) is 49.8 Å². The standard InChI is InChI=1S/C15H13FNO3/c1-2-10-6-7-11(9-12(10)16)14(18)17-8-4-3-5-13(17)15(19)20/h6-7,9,13H,3-5,8H2,(H,19,20)/t13-/m0/s1. The highest BCUT2D eigenvalue weighted by Crippen LogP contribution is 2.21. The van der Waals surface area contributed by atoms with Crippen LogP contribution in [-0.4, -0.2) is 34.5 Å². The number of aliphatic carboxylic acids is 1. The zero-order chi connectivity index (χ0) is 14.7. The van der Waals surface area contributed by atoms with Gasteiger partial charge in [0, 0.05) is 12.1 Å². The Morgan fingerprint density at radius 2 is 2.15 bits per heavy atom. The van der Waals surface area contributed by atoms with Crippen LogP contribution in [0.5, 0.6) is 0 Å². The zero-order valence-corrected chi connectivity index (χ0v) is 10.7. The van der Waals surface area contributed by atoms with Crippen molar-refractivity contribution in [1.82, 2.24) is 4.90 Å². The monoisotopic (exact) mass is 274 g/mol. The van der Waals surface area contributed by atoms with Gasteiger partial charge in [-0.15, -0.1) is 0 Å². The second-order valence-electron chi connectivity index (χ2n) is 4.67. The summed E-state index contributed by atoms with van der Waals surface area (Å²) in [6.45, 7) is 0.357. The van der Waals surface area contributed by atoms with Crippen LogP contribution < -0.4 is 0 Å². The molecule has 4 nitrogen and oxygen atoms in total. The van der Waals surface area contributed by atoms with Gasteiger partial charge in [0.05, 0.1) is 5.56 Å². The van der Waals surface area contributed by atoms with E-state index in [-0.39, 0.29) is 11.1 Å². The molecular weight excluding hydrogens is 261 g/mol. The van der Waals surface area contributed by atoms with Gasteiger partial charge in [-0.25, -0.2) is 9.18 Å². The normalized spacial score (nSPS) is 18.4. The Hall–Kier alpha value is -2.35. The second-order valence-corrected chi connectivity index (χ2v) is 4.67. The molecule has 20 heavy (non-hydrogen) atoms. The van der Waals surface area contributed by atoms with Crippen LogP contribution in [0, 0.1) is 18.2 Å². The number of carbonyl (C=O) groups is 2. The number of carboxylic acid groups (broad SMARTS) is 1. The van der Waals surface area contributed by atoms with Crippen LogP contribution >= 0.6 is 0 Å². The topological polar surface area (TPSA) is 57.6 Å². The average molecular weight is 274 g/mol. The summed E-state index contributed by atoms with van der Waals surface area (Å²) in [5, 5.41) is 9.14. The lowest BCUT2D eigenvalue weighted by Crippen LogP contribution is -2.48. The number of piperidine rings is 1. The van der Waals surface area contributed by atoms with E-state index in [4.69, 9.17) is 11.5 Å². The molecule has 0 spiro atoms. The average Bonchev–Trinajstić information content (AvgIpc) is 2.46. The fraction of sp³-hybridized carbons (Fsp3) is 0.333. The first-order valence-corrected chi connectivity index (χ1v) is 6.30. The Bertz CT molecular complexity index is 591. The summed E-state index contributed by atoms with van der Waals surface area (Å²) >= 11 is 0. The number of nitrogens with zero attached hydrogens (tertiary/aromatic N) is 1. The van der Waals surface area contributed by atoms with Crippen LogP contribution in [0.25, 0.3) is 0 Å². The van der Waals surface area contributed by atoms with Crippen molar-refractivity contribution >= 4 is 11.9 Å². The van der Waals surface area contributed by atoms with Crippen molar-refractivity contribution in [3.8, 4) is 5.92 Å². The molecule has 1 aliphatic heterocycles. The van der Waals surface area contributed by atoms with Crippen molar-refractivity contribution in [3.63, 3.8) is 0 Å². The fourth-order valence-electron chi connectivity index (χ4n) is 2.35. The molecule has 1 aromatic carbocycles. The number of carbonyl (C=O) groups excluding carboxylic acids is 1. The predicted octanol–water partition coefficient (Wildman–Crippen LogP) is 1.84. The maximum atomic E-state index is 13.6. The Morgan fingerprint density at radius 3 is 2.75 bits per heavy atom. The molecular formula is C15H13FNO3. The summed E-state index contributed by atoms with van der Waals surface area (Å²) in [4.78, 5) is 24.7. The highest BCUT2D eigenvalue weighted by Gasteiger charge is 2.32. The van der Waals surface area contributed by atoms with E-state index in [1.165, 1.54) is 17.0 Å². The number of likely N-dealkylation sites (tertiary alicyclic amines) is 1. The van der Waals surface area contributed by atoms with Crippen LogP contribution in [0.4, 0.5) is 4.39 Å². The number of rotatable bonds is 2. The van der Waals surface area contributed by atoms with Gasteiger partial charge in [-0.3, -0.25) is 4.79 Å². The molecule has 1 saturated heterocycles. The number of halogens is 1. The Kier molecular flexibility index (Phi) is 4.04. The summed E-state index contributed by atoms with van der Waals surface area (Å²) in [6, 6.07) is 2.84. The van der Waals surface area contributed by atoms with Gasteiger partial charge in [0.1, 0.15) is 11.9 Å². The smallest absolute Gasteiger partial charge is 0.326 e. The summed E-state index contributed by atoms with van der Waals surface area (Å²) in [5.74, 6) is -0.321. The second kappa shape index (κ2) is 5.74. The van der Waals surface area contributed by atoms with Crippen molar-refractivity contribution in [3.05, 3.63) is 41.6 Å². The molecule has 1 N–H and O–H groups in total. The lowest BCUT2D eigenvalue weighted by atomic mass is 10.0. The van der Waals surface area contributed by atoms with Crippen LogP contribution in [0.15, 0.2) is 18.2 Å². The van der Waals surface area contributed by atoms with Crippen LogP contribution in [0.2, 0.25) is 0 Å². The van der Waals surface area contributed by atoms with E-state index < -0.39 is 23.7 Å². The number of benzene rings is 1. The first-order valence-electron chi connectivity index (χ1n) is 6.30. The summed E-state index contributed by atoms with van der Waals surface area (Å²) in [6.07, 6.45) is 8.80. The first kappa shape index (κ1) is 14.1. The number of carboxylic acids is 1. The predicted molar refractivity (Wildman–Crippen MR) is 68.9 cm³/mol. The molecule has 1 radical (unpaired) electrons. The molecule has 0 bridgehead atoms. The molecule has 1 atom stereocenters. The summed E-state index contributed by atoms with van der Waals surface area (Å²) in [7, 11) is 0. The third-order valence-electron chi connectivity index (χ3n) is 3.40. The Balaban J connectivity index is 2.28. The molecule has 5 heteroatoms. The highest BCUT2D eigenvalue weighted by atomic mass is 19.1. The molecule has 2 rings (SSSR count). The molecule has 1 amide bonds. The minimum Gasteiger partial charge on any atom is -0.480 e. The molecule has 1 aliphatic rings. The number of hydrogen-bond acceptors (Lipinski definition) is 2. The van der Waals surface area contributed by atoms with Crippen molar-refractivity contribution in [2.24, 2.45) is 0 Å². The van der Waals surface area contributed by atoms with E-state index in [9.17, 15) is 14.0 Å². The van der Waals surface area contributed by atoms with E-state index in [2.05, 4.69) is 0 Å². The minimum absolute atomic E-state index is 0.0324. The molecule has 0 saturated carbocycles. The third-order valence-corrected chi connectivity index (χ3v) is 3.40. The van der Waals surface area contributed by atoms with Crippen LogP contribution in [0.1, 0.15) is 35.2 Å². The van der Waals surface area contributed by atoms with Gasteiger partial charge >= 0.3 is 5.97 Å². The molecule has 0 aromatic heterocycles. The van der Waals surface area contributed by atoms with Gasteiger partial charge in [-0.1, -0.05) is 0 Å². The van der Waals surface area contributed by atoms with E-state index in [1.807, 2.05) is 5.92 Å². The fourth-order valence-corrected chi connectivity index (χ4v) is 2.35. The van der Waals surface area contributed by atoms with Crippen molar-refractivity contribution < 1.29 is 19.1 Å². The van der Waals surface area contributed by atoms with Crippen molar-refractivity contribution in [2.45, 2.75) is 25.3 Å². The quantitative estimate of drug-likeness (QED) is 0.837. The van der Waals surface area contributed by atoms with E-state index in [1.54, 1.807) is 0 Å². The zero-order valence-electron chi connectivity index (χ0n) is 10.7. The summed E-state index contributed by atoms with van der Waals surface area (Å²) in [5.41, 5.74) is 0.0598. The molecule has 1 aromatic rings. The van der Waals surface area contributed by atoms with Gasteiger partial charge in [0.2, 0.25) is 0 Å². The molecule has 0 unspecified atom stereocenters. The van der Waals surface area contributed by atoms with Crippen molar-refractivity contribution in [2.75, 3.05) is 6.54 Å². The largest absolute Gasteiger partial charge is 0.480 e. The van der Waals surface area contributed by atoms with E-state index in [0.29, 0.717) is 13.0 Å². The minimum atomic E-state index is -1.04. The Morgan fingerprint density at radius 1 is 1.40 bits per heavy atom. The van der Waals surface area contributed by atoms with Crippen molar-refractivity contribution in [1.29, 1.82) is 0 Å². The summed E-state index contributed by atoms with van der Waals surface area (Å²) < 4.78 is 13.6. The number of amides is 1. The number of hydrogen-bond donors (Lipinski definition) is 1. The highest BCUT2D eigenvalue weighted by molar-refractivity contribution is 5.96. The van der Waals surface area contributed by atoms with E-state index >= 15 is 0 Å². The van der Waals surface area contributed by atoms with Gasteiger partial charge in [0.25, 0.3) is 5.91 Å². The van der Waals surface area contributed by atoms with E-state index in [0.717, 1.165) is 18.9 Å². The molecule has 103 valence electrons. The lowest BCUT2D eigenvalue weighted by Gasteiger charge is -2.33. The van der Waals surface area contributed by atoms with Gasteiger partial charge in [-0.2, -0.15) is 0 Å². The molecule has 1 heterocycles. The SMILES string of the molecule is [C]#Cc1ccc(C(=O)N2CCCC[C@H]2C(=O)O)cc1F. The third kappa shape index (κ3) is 2.64. The van der Waals surface area contributed by atoms with Gasteiger partial charge < -0.3 is 10.0 Å². The maximum Gasteiger partial charge on any atom is 0.326 e. The lowest BCUT2D eigenvalue weighted by molar-refractivity contribution is -0.143. The van der Waals surface area contributed by atoms with Gasteiger partial charge in [0.15, 0.2) is 0 Å².